The minimum absolute atomic E-state index is 0.210. The normalized spacial score (nSPS) is 12.9. The second-order valence-electron chi connectivity index (χ2n) is 2.13. The lowest BCUT2D eigenvalue weighted by Crippen LogP contribution is -2.02. The minimum atomic E-state index is -0.910. The van der Waals surface area contributed by atoms with Gasteiger partial charge in [-0.1, -0.05) is 0 Å². The van der Waals surface area contributed by atoms with E-state index in [1.165, 1.54) is 0 Å². The van der Waals surface area contributed by atoms with E-state index in [-0.39, 0.29) is 5.75 Å². The van der Waals surface area contributed by atoms with Crippen molar-refractivity contribution in [2.75, 3.05) is 5.75 Å². The van der Waals surface area contributed by atoms with Crippen LogP contribution in [-0.4, -0.2) is 15.4 Å². The van der Waals surface area contributed by atoms with Crippen LogP contribution in [0, 0.1) is 0 Å². The Bertz CT molecular complexity index is 220. The largest absolute Gasteiger partial charge is 0.611 e. The molecule has 1 rings (SSSR count). The zero-order valence-electron chi connectivity index (χ0n) is 6.28. The van der Waals surface area contributed by atoms with Crippen molar-refractivity contribution in [3.8, 4) is 5.75 Å². The fraction of sp³-hybridized carbons (Fsp3) is 0.250. The second-order valence-corrected chi connectivity index (χ2v) is 3.87. The average molecular weight is 170 g/mol. The molecule has 0 saturated heterocycles. The molecule has 0 fully saturated rings. The summed E-state index contributed by atoms with van der Waals surface area (Å²) in [5, 5.41) is 8.91. The van der Waals surface area contributed by atoms with Crippen molar-refractivity contribution < 1.29 is 9.66 Å². The summed E-state index contributed by atoms with van der Waals surface area (Å²) in [4.78, 5) is 0.769. The van der Waals surface area contributed by atoms with Crippen LogP contribution >= 0.6 is 0 Å². The third kappa shape index (κ3) is 2.13. The lowest BCUT2D eigenvalue weighted by Gasteiger charge is -2.06. The molecule has 0 aliphatic carbocycles. The predicted octanol–water partition coefficient (Wildman–Crippen LogP) is 1.52. The minimum Gasteiger partial charge on any atom is -0.611 e. The molecule has 0 saturated carbocycles. The molecule has 60 valence electrons. The van der Waals surface area contributed by atoms with E-state index < -0.39 is 11.2 Å². The maximum atomic E-state index is 11.2. The summed E-state index contributed by atoms with van der Waals surface area (Å²) in [6, 6.07) is 6.44. The molecule has 2 nitrogen and oxygen atoms in total. The Morgan fingerprint density at radius 1 is 1.36 bits per heavy atom. The van der Waals surface area contributed by atoms with Gasteiger partial charge in [-0.05, 0) is 42.4 Å². The maximum Gasteiger partial charge on any atom is 0.152 e. The monoisotopic (exact) mass is 170 g/mol. The molecular formula is C8H10O2S. The Kier molecular flexibility index (Phi) is 2.79. The molecular weight excluding hydrogens is 160 g/mol. The van der Waals surface area contributed by atoms with Gasteiger partial charge >= 0.3 is 0 Å². The van der Waals surface area contributed by atoms with Crippen molar-refractivity contribution in [3.05, 3.63) is 24.3 Å². The van der Waals surface area contributed by atoms with Crippen LogP contribution in [0.25, 0.3) is 0 Å². The predicted molar refractivity (Wildman–Crippen MR) is 45.1 cm³/mol. The molecule has 0 radical (unpaired) electrons. The lowest BCUT2D eigenvalue weighted by molar-refractivity contribution is 0.474. The Morgan fingerprint density at radius 3 is 2.36 bits per heavy atom. The van der Waals surface area contributed by atoms with Gasteiger partial charge in [0.15, 0.2) is 4.90 Å². The SMILES string of the molecule is CC[S+]([O-])c1ccc(O)cc1. The molecule has 0 amide bonds. The summed E-state index contributed by atoms with van der Waals surface area (Å²) in [7, 11) is 0. The highest BCUT2D eigenvalue weighted by molar-refractivity contribution is 7.91. The Morgan fingerprint density at radius 2 is 1.91 bits per heavy atom. The molecule has 1 atom stereocenters. The molecule has 0 aliphatic rings. The number of phenols is 1. The highest BCUT2D eigenvalue weighted by Crippen LogP contribution is 2.15. The summed E-state index contributed by atoms with van der Waals surface area (Å²) in [6.45, 7) is 1.86. The van der Waals surface area contributed by atoms with Crippen LogP contribution in [-0.2, 0) is 11.2 Å². The third-order valence-electron chi connectivity index (χ3n) is 1.36. The van der Waals surface area contributed by atoms with Crippen LogP contribution in [0.1, 0.15) is 6.92 Å². The van der Waals surface area contributed by atoms with Gasteiger partial charge in [0.1, 0.15) is 11.5 Å². The summed E-state index contributed by atoms with van der Waals surface area (Å²) < 4.78 is 11.2. The number of phenolic OH excluding ortho intramolecular Hbond substituents is 1. The second kappa shape index (κ2) is 3.64. The van der Waals surface area contributed by atoms with Crippen molar-refractivity contribution in [3.63, 3.8) is 0 Å². The highest BCUT2D eigenvalue weighted by atomic mass is 32.2. The van der Waals surface area contributed by atoms with E-state index in [1.807, 2.05) is 6.92 Å². The standard InChI is InChI=1S/C8H10O2S/c1-2-11(10)8-5-3-7(9)4-6-8/h3-6,9H,2H2,1H3. The summed E-state index contributed by atoms with van der Waals surface area (Å²) >= 11 is -0.910. The zero-order valence-corrected chi connectivity index (χ0v) is 7.10. The summed E-state index contributed by atoms with van der Waals surface area (Å²) in [5.41, 5.74) is 0. The fourth-order valence-electron chi connectivity index (χ4n) is 0.765. The molecule has 0 aliphatic heterocycles. The topological polar surface area (TPSA) is 43.3 Å². The van der Waals surface area contributed by atoms with Gasteiger partial charge in [0.05, 0.1) is 0 Å². The lowest BCUT2D eigenvalue weighted by atomic mass is 10.3. The van der Waals surface area contributed by atoms with Gasteiger partial charge in [-0.2, -0.15) is 0 Å². The molecule has 1 aromatic rings. The van der Waals surface area contributed by atoms with Crippen LogP contribution in [0.2, 0.25) is 0 Å². The molecule has 1 N–H and O–H groups in total. The van der Waals surface area contributed by atoms with E-state index >= 15 is 0 Å². The summed E-state index contributed by atoms with van der Waals surface area (Å²) in [5.74, 6) is 0.826. The van der Waals surface area contributed by atoms with Gasteiger partial charge < -0.3 is 9.66 Å². The number of aromatic hydroxyl groups is 1. The first-order valence-electron chi connectivity index (χ1n) is 3.41. The van der Waals surface area contributed by atoms with Gasteiger partial charge in [0, 0.05) is 0 Å². The molecule has 1 aromatic carbocycles. The van der Waals surface area contributed by atoms with Crippen LogP contribution in [0.3, 0.4) is 0 Å². The van der Waals surface area contributed by atoms with Crippen molar-refractivity contribution in [2.45, 2.75) is 11.8 Å². The summed E-state index contributed by atoms with van der Waals surface area (Å²) in [6.07, 6.45) is 0. The van der Waals surface area contributed by atoms with E-state index in [9.17, 15) is 4.55 Å². The van der Waals surface area contributed by atoms with Gasteiger partial charge in [0.25, 0.3) is 0 Å². The number of rotatable bonds is 2. The van der Waals surface area contributed by atoms with Crippen molar-refractivity contribution in [1.29, 1.82) is 0 Å². The Labute approximate surface area is 69.0 Å². The van der Waals surface area contributed by atoms with E-state index in [2.05, 4.69) is 0 Å². The van der Waals surface area contributed by atoms with Gasteiger partial charge in [-0.15, -0.1) is 0 Å². The van der Waals surface area contributed by atoms with Crippen LogP contribution in [0.4, 0.5) is 0 Å². The van der Waals surface area contributed by atoms with E-state index in [1.54, 1.807) is 24.3 Å². The van der Waals surface area contributed by atoms with Crippen LogP contribution < -0.4 is 0 Å². The maximum absolute atomic E-state index is 11.2. The Balaban J connectivity index is 2.81. The Hall–Kier alpha value is -0.670. The first-order chi connectivity index (χ1) is 5.24. The number of hydrogen-bond acceptors (Lipinski definition) is 2. The molecule has 11 heavy (non-hydrogen) atoms. The first kappa shape index (κ1) is 8.43. The van der Waals surface area contributed by atoms with E-state index in [4.69, 9.17) is 5.11 Å². The van der Waals surface area contributed by atoms with E-state index in [0.717, 1.165) is 4.90 Å². The van der Waals surface area contributed by atoms with Gasteiger partial charge in [-0.3, -0.25) is 0 Å². The fourth-order valence-corrected chi connectivity index (χ4v) is 1.54. The third-order valence-corrected chi connectivity index (χ3v) is 2.68. The van der Waals surface area contributed by atoms with Crippen molar-refractivity contribution >= 4 is 11.2 Å². The van der Waals surface area contributed by atoms with Gasteiger partial charge in [0.2, 0.25) is 0 Å². The molecule has 0 heterocycles. The van der Waals surface area contributed by atoms with Crippen molar-refractivity contribution in [2.24, 2.45) is 0 Å². The average Bonchev–Trinajstić information content (AvgIpc) is 2.05. The molecule has 3 heteroatoms. The van der Waals surface area contributed by atoms with Gasteiger partial charge in [-0.25, -0.2) is 0 Å². The first-order valence-corrected chi connectivity index (χ1v) is 4.73. The highest BCUT2D eigenvalue weighted by Gasteiger charge is 2.05. The molecule has 0 spiro atoms. The molecule has 0 bridgehead atoms. The van der Waals surface area contributed by atoms with Crippen molar-refractivity contribution in [1.82, 2.24) is 0 Å². The van der Waals surface area contributed by atoms with Crippen LogP contribution in [0.5, 0.6) is 5.75 Å². The zero-order chi connectivity index (χ0) is 8.27. The number of hydrogen-bond donors (Lipinski definition) is 1. The quantitative estimate of drug-likeness (QED) is 0.684. The number of benzene rings is 1. The smallest absolute Gasteiger partial charge is 0.152 e. The van der Waals surface area contributed by atoms with E-state index in [0.29, 0.717) is 5.75 Å². The molecule has 1 unspecified atom stereocenters. The van der Waals surface area contributed by atoms with Crippen LogP contribution in [0.15, 0.2) is 29.2 Å². The molecule has 0 aromatic heterocycles.